The van der Waals surface area contributed by atoms with Crippen molar-refractivity contribution in [3.8, 4) is 6.07 Å². The molecule has 0 saturated carbocycles. The summed E-state index contributed by atoms with van der Waals surface area (Å²) in [7, 11) is 0. The fourth-order valence-corrected chi connectivity index (χ4v) is 3.34. The van der Waals surface area contributed by atoms with Crippen LogP contribution < -0.4 is 0 Å². The van der Waals surface area contributed by atoms with Crippen LogP contribution in [0.2, 0.25) is 0 Å². The van der Waals surface area contributed by atoms with Gasteiger partial charge in [-0.2, -0.15) is 5.26 Å². The van der Waals surface area contributed by atoms with Crippen LogP contribution in [0.5, 0.6) is 0 Å². The summed E-state index contributed by atoms with van der Waals surface area (Å²) in [6.45, 7) is 1.24. The van der Waals surface area contributed by atoms with Crippen molar-refractivity contribution in [2.75, 3.05) is 19.0 Å². The molecule has 2 rings (SSSR count). The number of thioether (sulfide) groups is 1. The molecule has 1 aliphatic heterocycles. The van der Waals surface area contributed by atoms with Gasteiger partial charge in [0, 0.05) is 28.3 Å². The van der Waals surface area contributed by atoms with Gasteiger partial charge in [-0.1, -0.05) is 15.9 Å². The molecule has 2 nitrogen and oxygen atoms in total. The topological polar surface area (TPSA) is 33.0 Å². The molecule has 1 aromatic carbocycles. The molecule has 1 fully saturated rings. The average molecular weight is 330 g/mol. The van der Waals surface area contributed by atoms with Crippen molar-refractivity contribution in [1.82, 2.24) is 0 Å². The van der Waals surface area contributed by atoms with Crippen LogP contribution in [-0.2, 0) is 4.74 Å². The minimum Gasteiger partial charge on any atom is -0.381 e. The number of nitrogens with zero attached hydrogens (tertiary/aromatic N) is 1. The lowest BCUT2D eigenvalue weighted by atomic mass is 9.84. The number of rotatable bonds is 3. The van der Waals surface area contributed by atoms with Crippen LogP contribution in [0.4, 0.5) is 4.39 Å². The molecular formula is C13H13BrFNOS. The van der Waals surface area contributed by atoms with Crippen LogP contribution in [0.3, 0.4) is 0 Å². The van der Waals surface area contributed by atoms with E-state index in [0.717, 1.165) is 17.3 Å². The SMILES string of the molecule is N#CC1(CSc2ccc(Br)cc2F)CCOCC1. The van der Waals surface area contributed by atoms with Crippen molar-refractivity contribution in [3.05, 3.63) is 28.5 Å². The Kier molecular flexibility index (Phi) is 4.66. The van der Waals surface area contributed by atoms with Crippen LogP contribution >= 0.6 is 27.7 Å². The molecule has 5 heteroatoms. The standard InChI is InChI=1S/C13H13BrFNOS/c14-10-1-2-12(11(15)7-10)18-9-13(8-16)3-5-17-6-4-13/h1-2,7H,3-6,9H2. The monoisotopic (exact) mass is 329 g/mol. The van der Waals surface area contributed by atoms with Crippen molar-refractivity contribution in [2.24, 2.45) is 5.41 Å². The van der Waals surface area contributed by atoms with Crippen molar-refractivity contribution in [2.45, 2.75) is 17.7 Å². The van der Waals surface area contributed by atoms with Crippen LogP contribution in [0, 0.1) is 22.6 Å². The fraction of sp³-hybridized carbons (Fsp3) is 0.462. The van der Waals surface area contributed by atoms with Crippen LogP contribution in [-0.4, -0.2) is 19.0 Å². The number of hydrogen-bond acceptors (Lipinski definition) is 3. The molecule has 1 heterocycles. The Balaban J connectivity index is 2.04. The lowest BCUT2D eigenvalue weighted by Crippen LogP contribution is -2.30. The Morgan fingerprint density at radius 2 is 2.17 bits per heavy atom. The van der Waals surface area contributed by atoms with Crippen molar-refractivity contribution >= 4 is 27.7 Å². The van der Waals surface area contributed by atoms with E-state index in [1.54, 1.807) is 6.07 Å². The summed E-state index contributed by atoms with van der Waals surface area (Å²) < 4.78 is 19.7. The summed E-state index contributed by atoms with van der Waals surface area (Å²) in [5.74, 6) is 0.375. The molecule has 0 bridgehead atoms. The maximum atomic E-state index is 13.7. The smallest absolute Gasteiger partial charge is 0.137 e. The highest BCUT2D eigenvalue weighted by atomic mass is 79.9. The second-order valence-corrected chi connectivity index (χ2v) is 6.30. The Bertz CT molecular complexity index is 469. The lowest BCUT2D eigenvalue weighted by molar-refractivity contribution is 0.0497. The third-order valence-electron chi connectivity index (χ3n) is 3.08. The Labute approximate surface area is 119 Å². The average Bonchev–Trinajstić information content (AvgIpc) is 2.39. The zero-order valence-corrected chi connectivity index (χ0v) is 12.2. The zero-order chi connectivity index (χ0) is 13.0. The van der Waals surface area contributed by atoms with Gasteiger partial charge in [-0.3, -0.25) is 0 Å². The molecule has 0 unspecified atom stereocenters. The van der Waals surface area contributed by atoms with Crippen LogP contribution in [0.25, 0.3) is 0 Å². The third-order valence-corrected chi connectivity index (χ3v) is 4.92. The van der Waals surface area contributed by atoms with Crippen molar-refractivity contribution in [1.29, 1.82) is 5.26 Å². The summed E-state index contributed by atoms with van der Waals surface area (Å²) in [6, 6.07) is 7.39. The fourth-order valence-electron chi connectivity index (χ4n) is 1.86. The van der Waals surface area contributed by atoms with E-state index in [1.165, 1.54) is 17.8 Å². The predicted octanol–water partition coefficient (Wildman–Crippen LogP) is 4.00. The number of halogens is 2. The molecule has 96 valence electrons. The van der Waals surface area contributed by atoms with E-state index in [-0.39, 0.29) is 11.2 Å². The lowest BCUT2D eigenvalue weighted by Gasteiger charge is -2.30. The highest BCUT2D eigenvalue weighted by Gasteiger charge is 2.32. The first-order valence-electron chi connectivity index (χ1n) is 5.72. The molecule has 0 radical (unpaired) electrons. The van der Waals surface area contributed by atoms with Gasteiger partial charge in [-0.15, -0.1) is 11.8 Å². The maximum Gasteiger partial charge on any atom is 0.137 e. The highest BCUT2D eigenvalue weighted by Crippen LogP contribution is 2.37. The normalized spacial score (nSPS) is 18.3. The number of ether oxygens (including phenoxy) is 1. The van der Waals surface area contributed by atoms with Gasteiger partial charge in [0.25, 0.3) is 0 Å². The van der Waals surface area contributed by atoms with E-state index in [2.05, 4.69) is 22.0 Å². The first-order valence-corrected chi connectivity index (χ1v) is 7.50. The molecule has 0 aromatic heterocycles. The van der Waals surface area contributed by atoms with E-state index in [9.17, 15) is 9.65 Å². The van der Waals surface area contributed by atoms with E-state index in [4.69, 9.17) is 4.74 Å². The van der Waals surface area contributed by atoms with E-state index in [0.29, 0.717) is 23.9 Å². The molecule has 1 saturated heterocycles. The Hall–Kier alpha value is -0.570. The second-order valence-electron chi connectivity index (χ2n) is 4.37. The first-order chi connectivity index (χ1) is 8.65. The van der Waals surface area contributed by atoms with Crippen molar-refractivity contribution < 1.29 is 9.13 Å². The zero-order valence-electron chi connectivity index (χ0n) is 9.79. The van der Waals surface area contributed by atoms with Gasteiger partial charge in [0.05, 0.1) is 11.5 Å². The molecule has 1 aliphatic rings. The maximum absolute atomic E-state index is 13.7. The number of hydrogen-bond donors (Lipinski definition) is 0. The van der Waals surface area contributed by atoms with E-state index in [1.807, 2.05) is 6.07 Å². The van der Waals surface area contributed by atoms with Gasteiger partial charge >= 0.3 is 0 Å². The Morgan fingerprint density at radius 3 is 2.78 bits per heavy atom. The quantitative estimate of drug-likeness (QED) is 0.786. The van der Waals surface area contributed by atoms with Crippen LogP contribution in [0.1, 0.15) is 12.8 Å². The summed E-state index contributed by atoms with van der Waals surface area (Å²) in [5, 5.41) is 9.31. The summed E-state index contributed by atoms with van der Waals surface area (Å²) in [6.07, 6.45) is 1.46. The molecule has 0 N–H and O–H groups in total. The van der Waals surface area contributed by atoms with Gasteiger partial charge in [0.15, 0.2) is 0 Å². The van der Waals surface area contributed by atoms with Gasteiger partial charge in [0.2, 0.25) is 0 Å². The molecule has 18 heavy (non-hydrogen) atoms. The summed E-state index contributed by atoms with van der Waals surface area (Å²) in [4.78, 5) is 0.597. The number of nitriles is 1. The minimum atomic E-state index is -0.373. The molecule has 1 aromatic rings. The van der Waals surface area contributed by atoms with Gasteiger partial charge in [0.1, 0.15) is 5.82 Å². The molecule has 0 amide bonds. The summed E-state index contributed by atoms with van der Waals surface area (Å²) in [5.41, 5.74) is -0.373. The molecule has 0 spiro atoms. The molecular weight excluding hydrogens is 317 g/mol. The van der Waals surface area contributed by atoms with Gasteiger partial charge < -0.3 is 4.74 Å². The van der Waals surface area contributed by atoms with Gasteiger partial charge in [-0.25, -0.2) is 4.39 Å². The summed E-state index contributed by atoms with van der Waals surface area (Å²) >= 11 is 4.64. The first kappa shape index (κ1) is 13.9. The molecule has 0 atom stereocenters. The second kappa shape index (κ2) is 6.05. The van der Waals surface area contributed by atoms with Crippen molar-refractivity contribution in [3.63, 3.8) is 0 Å². The minimum absolute atomic E-state index is 0.241. The largest absolute Gasteiger partial charge is 0.381 e. The number of benzene rings is 1. The van der Waals surface area contributed by atoms with E-state index >= 15 is 0 Å². The Morgan fingerprint density at radius 1 is 1.44 bits per heavy atom. The van der Waals surface area contributed by atoms with E-state index < -0.39 is 0 Å². The molecule has 0 aliphatic carbocycles. The third kappa shape index (κ3) is 3.25. The predicted molar refractivity (Wildman–Crippen MR) is 72.9 cm³/mol. The van der Waals surface area contributed by atoms with Gasteiger partial charge in [-0.05, 0) is 31.0 Å². The van der Waals surface area contributed by atoms with Crippen LogP contribution in [0.15, 0.2) is 27.6 Å². The highest BCUT2D eigenvalue weighted by molar-refractivity contribution is 9.10.